The van der Waals surface area contributed by atoms with Gasteiger partial charge >= 0.3 is 0 Å². The minimum absolute atomic E-state index is 0.0302. The zero-order valence-corrected chi connectivity index (χ0v) is 15.2. The molecule has 2 saturated carbocycles. The van der Waals surface area contributed by atoms with Crippen LogP contribution < -0.4 is 16.4 Å². The molecule has 2 amide bonds. The van der Waals surface area contributed by atoms with Crippen molar-refractivity contribution in [3.63, 3.8) is 0 Å². The Morgan fingerprint density at radius 1 is 1.20 bits per heavy atom. The van der Waals surface area contributed by atoms with Gasteiger partial charge in [0.1, 0.15) is 0 Å². The lowest BCUT2D eigenvalue weighted by Gasteiger charge is -2.43. The molecule has 0 aromatic heterocycles. The SMILES string of the molecule is CCNC(=O)c1ccc(C)c(NC(=O)C2CC3CCCC(C2)C3N)c1. The van der Waals surface area contributed by atoms with Crippen LogP contribution in [-0.2, 0) is 4.79 Å². The van der Waals surface area contributed by atoms with E-state index in [1.165, 1.54) is 6.42 Å². The van der Waals surface area contributed by atoms with Gasteiger partial charge in [0.15, 0.2) is 0 Å². The third-order valence-electron chi connectivity index (χ3n) is 5.88. The van der Waals surface area contributed by atoms with Crippen molar-refractivity contribution in [3.8, 4) is 0 Å². The van der Waals surface area contributed by atoms with Crippen LogP contribution in [0.3, 0.4) is 0 Å². The van der Waals surface area contributed by atoms with Gasteiger partial charge in [0, 0.05) is 29.8 Å². The summed E-state index contributed by atoms with van der Waals surface area (Å²) in [5, 5.41) is 5.85. The van der Waals surface area contributed by atoms with Crippen LogP contribution in [0.5, 0.6) is 0 Å². The highest BCUT2D eigenvalue weighted by Crippen LogP contribution is 2.42. The van der Waals surface area contributed by atoms with Gasteiger partial charge in [-0.05, 0) is 69.1 Å². The summed E-state index contributed by atoms with van der Waals surface area (Å²) in [6.07, 6.45) is 5.31. The van der Waals surface area contributed by atoms with Crippen molar-refractivity contribution in [1.29, 1.82) is 0 Å². The van der Waals surface area contributed by atoms with Crippen molar-refractivity contribution in [2.24, 2.45) is 23.5 Å². The predicted molar refractivity (Wildman–Crippen MR) is 99.3 cm³/mol. The van der Waals surface area contributed by atoms with Crippen molar-refractivity contribution in [2.45, 2.75) is 52.0 Å². The van der Waals surface area contributed by atoms with E-state index >= 15 is 0 Å². The smallest absolute Gasteiger partial charge is 0.251 e. The zero-order valence-electron chi connectivity index (χ0n) is 15.2. The largest absolute Gasteiger partial charge is 0.352 e. The van der Waals surface area contributed by atoms with Gasteiger partial charge in [0.05, 0.1) is 0 Å². The molecule has 0 heterocycles. The Hall–Kier alpha value is -1.88. The maximum atomic E-state index is 12.8. The van der Waals surface area contributed by atoms with Crippen LogP contribution in [0.1, 0.15) is 54.9 Å². The number of fused-ring (bicyclic) bond motifs is 2. The van der Waals surface area contributed by atoms with Crippen LogP contribution in [0.15, 0.2) is 18.2 Å². The van der Waals surface area contributed by atoms with Crippen LogP contribution in [-0.4, -0.2) is 24.4 Å². The molecule has 0 spiro atoms. The van der Waals surface area contributed by atoms with Crippen molar-refractivity contribution >= 4 is 17.5 Å². The Morgan fingerprint density at radius 2 is 1.88 bits per heavy atom. The molecule has 4 N–H and O–H groups in total. The third-order valence-corrected chi connectivity index (χ3v) is 5.88. The van der Waals surface area contributed by atoms with E-state index in [4.69, 9.17) is 5.73 Å². The summed E-state index contributed by atoms with van der Waals surface area (Å²) in [6.45, 7) is 4.42. The molecule has 2 aliphatic rings. The molecule has 2 fully saturated rings. The number of hydrogen-bond donors (Lipinski definition) is 3. The summed E-state index contributed by atoms with van der Waals surface area (Å²) < 4.78 is 0. The number of aryl methyl sites for hydroxylation is 1. The van der Waals surface area contributed by atoms with Gasteiger partial charge < -0.3 is 16.4 Å². The molecular formula is C20H29N3O2. The number of nitrogens with one attached hydrogen (secondary N) is 2. The number of amides is 2. The average molecular weight is 343 g/mol. The fourth-order valence-corrected chi connectivity index (χ4v) is 4.40. The highest BCUT2D eigenvalue weighted by Gasteiger charge is 2.40. The highest BCUT2D eigenvalue weighted by molar-refractivity contribution is 5.98. The molecule has 2 unspecified atom stereocenters. The van der Waals surface area contributed by atoms with Crippen molar-refractivity contribution < 1.29 is 9.59 Å². The van der Waals surface area contributed by atoms with E-state index in [-0.39, 0.29) is 23.8 Å². The molecule has 136 valence electrons. The highest BCUT2D eigenvalue weighted by atomic mass is 16.2. The molecule has 2 aliphatic carbocycles. The summed E-state index contributed by atoms with van der Waals surface area (Å²) in [5.41, 5.74) is 8.60. The molecule has 2 atom stereocenters. The van der Waals surface area contributed by atoms with Crippen LogP contribution in [0.25, 0.3) is 0 Å². The summed E-state index contributed by atoms with van der Waals surface area (Å²) in [7, 11) is 0. The van der Waals surface area contributed by atoms with E-state index in [0.717, 1.165) is 36.9 Å². The van der Waals surface area contributed by atoms with E-state index in [9.17, 15) is 9.59 Å². The molecule has 25 heavy (non-hydrogen) atoms. The number of rotatable bonds is 4. The number of nitrogens with two attached hydrogens (primary N) is 1. The molecule has 0 radical (unpaired) electrons. The lowest BCUT2D eigenvalue weighted by molar-refractivity contribution is -0.122. The fourth-order valence-electron chi connectivity index (χ4n) is 4.40. The summed E-state index contributed by atoms with van der Waals surface area (Å²) in [4.78, 5) is 24.8. The Labute approximate surface area is 149 Å². The van der Waals surface area contributed by atoms with E-state index in [0.29, 0.717) is 23.9 Å². The molecule has 1 aromatic carbocycles. The summed E-state index contributed by atoms with van der Waals surface area (Å²) in [6, 6.07) is 5.71. The van der Waals surface area contributed by atoms with Crippen LogP contribution in [0.2, 0.25) is 0 Å². The van der Waals surface area contributed by atoms with Crippen LogP contribution >= 0.6 is 0 Å². The molecule has 1 aromatic rings. The Morgan fingerprint density at radius 3 is 2.52 bits per heavy atom. The molecule has 0 saturated heterocycles. The second-order valence-corrected chi connectivity index (χ2v) is 7.58. The first-order chi connectivity index (χ1) is 12.0. The van der Waals surface area contributed by atoms with E-state index in [2.05, 4.69) is 10.6 Å². The molecule has 3 rings (SSSR count). The first-order valence-electron chi connectivity index (χ1n) is 9.45. The van der Waals surface area contributed by atoms with Crippen molar-refractivity contribution in [1.82, 2.24) is 5.32 Å². The fraction of sp³-hybridized carbons (Fsp3) is 0.600. The molecule has 2 bridgehead atoms. The van der Waals surface area contributed by atoms with Gasteiger partial charge in [0.25, 0.3) is 5.91 Å². The number of carbonyl (C=O) groups is 2. The maximum Gasteiger partial charge on any atom is 0.251 e. The number of hydrogen-bond acceptors (Lipinski definition) is 3. The third kappa shape index (κ3) is 3.87. The normalized spacial score (nSPS) is 28.3. The van der Waals surface area contributed by atoms with Gasteiger partial charge in [-0.15, -0.1) is 0 Å². The monoisotopic (exact) mass is 343 g/mol. The van der Waals surface area contributed by atoms with Gasteiger partial charge in [-0.25, -0.2) is 0 Å². The van der Waals surface area contributed by atoms with Gasteiger partial charge in [-0.2, -0.15) is 0 Å². The topological polar surface area (TPSA) is 84.2 Å². The van der Waals surface area contributed by atoms with Gasteiger partial charge in [-0.3, -0.25) is 9.59 Å². The average Bonchev–Trinajstić information content (AvgIpc) is 2.56. The standard InChI is InChI=1S/C20H29N3O2/c1-3-22-19(24)15-8-7-12(2)17(11-15)23-20(25)16-9-13-5-4-6-14(10-16)18(13)21/h7-8,11,13-14,16,18H,3-6,9-10,21H2,1-2H3,(H,22,24)(H,23,25). The first-order valence-corrected chi connectivity index (χ1v) is 9.45. The van der Waals surface area contributed by atoms with Gasteiger partial charge in [-0.1, -0.05) is 12.5 Å². The lowest BCUT2D eigenvalue weighted by Crippen LogP contribution is -2.48. The zero-order chi connectivity index (χ0) is 18.0. The minimum atomic E-state index is -0.115. The lowest BCUT2D eigenvalue weighted by atomic mass is 9.65. The van der Waals surface area contributed by atoms with E-state index in [1.54, 1.807) is 12.1 Å². The molecule has 0 aliphatic heterocycles. The summed E-state index contributed by atoms with van der Waals surface area (Å²) >= 11 is 0. The van der Waals surface area contributed by atoms with Crippen LogP contribution in [0.4, 0.5) is 5.69 Å². The second-order valence-electron chi connectivity index (χ2n) is 7.58. The molecule has 5 nitrogen and oxygen atoms in total. The predicted octanol–water partition coefficient (Wildman–Crippen LogP) is 2.84. The minimum Gasteiger partial charge on any atom is -0.352 e. The Kier molecular flexibility index (Phi) is 5.42. The second kappa shape index (κ2) is 7.56. The quantitative estimate of drug-likeness (QED) is 0.786. The van der Waals surface area contributed by atoms with E-state index < -0.39 is 0 Å². The van der Waals surface area contributed by atoms with Crippen molar-refractivity contribution in [3.05, 3.63) is 29.3 Å². The molecular weight excluding hydrogens is 314 g/mol. The molecule has 5 heteroatoms. The summed E-state index contributed by atoms with van der Waals surface area (Å²) in [5.74, 6) is 0.941. The van der Waals surface area contributed by atoms with Crippen LogP contribution in [0, 0.1) is 24.7 Å². The first kappa shape index (κ1) is 17.9. The van der Waals surface area contributed by atoms with E-state index in [1.807, 2.05) is 19.9 Å². The van der Waals surface area contributed by atoms with Gasteiger partial charge in [0.2, 0.25) is 5.91 Å². The number of benzene rings is 1. The maximum absolute atomic E-state index is 12.8. The van der Waals surface area contributed by atoms with Crippen molar-refractivity contribution in [2.75, 3.05) is 11.9 Å². The Balaban J connectivity index is 1.70. The Bertz CT molecular complexity index is 644. The number of carbonyl (C=O) groups excluding carboxylic acids is 2. The number of anilines is 1.